The van der Waals surface area contributed by atoms with Crippen LogP contribution in [0.2, 0.25) is 0 Å². The molecule has 1 fully saturated rings. The Morgan fingerprint density at radius 1 is 1.15 bits per heavy atom. The largest absolute Gasteiger partial charge is 0.423 e. The van der Waals surface area contributed by atoms with Crippen LogP contribution in [0.3, 0.4) is 0 Å². The van der Waals surface area contributed by atoms with Crippen molar-refractivity contribution in [3.05, 3.63) is 60.2 Å². The van der Waals surface area contributed by atoms with Crippen molar-refractivity contribution in [2.24, 2.45) is 11.7 Å². The number of amides is 1. The summed E-state index contributed by atoms with van der Waals surface area (Å²) in [5, 5.41) is 3.01. The number of benzene rings is 2. The molecular weight excluding hydrogens is 340 g/mol. The zero-order valence-corrected chi connectivity index (χ0v) is 15.2. The fourth-order valence-corrected chi connectivity index (χ4v) is 3.50. The number of nitrogens with zero attached hydrogens (tertiary/aromatic N) is 2. The number of oxazole rings is 1. The molecule has 6 heteroatoms. The van der Waals surface area contributed by atoms with Gasteiger partial charge in [0, 0.05) is 31.6 Å². The molecule has 1 saturated heterocycles. The predicted octanol–water partition coefficient (Wildman–Crippen LogP) is 2.86. The van der Waals surface area contributed by atoms with Gasteiger partial charge < -0.3 is 20.4 Å². The number of piperidine rings is 1. The first-order chi connectivity index (χ1) is 13.2. The molecule has 4 rings (SSSR count). The lowest BCUT2D eigenvalue weighted by atomic mass is 9.96. The van der Waals surface area contributed by atoms with E-state index in [1.807, 2.05) is 54.6 Å². The van der Waals surface area contributed by atoms with Crippen LogP contribution < -0.4 is 16.0 Å². The molecular formula is C21H24N4O2. The zero-order valence-electron chi connectivity index (χ0n) is 15.2. The topological polar surface area (TPSA) is 84.4 Å². The number of hydrogen-bond acceptors (Lipinski definition) is 5. The molecule has 0 saturated carbocycles. The first-order valence-corrected chi connectivity index (χ1v) is 9.39. The molecule has 3 N–H and O–H groups in total. The normalized spacial score (nSPS) is 16.4. The van der Waals surface area contributed by atoms with Crippen LogP contribution in [0.15, 0.2) is 59.0 Å². The Balaban J connectivity index is 1.29. The molecule has 1 atom stereocenters. The molecule has 1 unspecified atom stereocenters. The Labute approximate surface area is 158 Å². The summed E-state index contributed by atoms with van der Waals surface area (Å²) in [6, 6.07) is 18.0. The van der Waals surface area contributed by atoms with Crippen LogP contribution in [0.5, 0.6) is 0 Å². The van der Waals surface area contributed by atoms with Gasteiger partial charge in [-0.3, -0.25) is 4.79 Å². The summed E-state index contributed by atoms with van der Waals surface area (Å²) in [4.78, 5) is 19.1. The third kappa shape index (κ3) is 3.95. The highest BCUT2D eigenvalue weighted by molar-refractivity contribution is 5.79. The minimum absolute atomic E-state index is 0.00796. The SMILES string of the molecule is NC(CNC(=O)C1CCN(c2nc3ccccc3o2)CC1)c1ccccc1. The van der Waals surface area contributed by atoms with Crippen LogP contribution in [-0.4, -0.2) is 30.5 Å². The highest BCUT2D eigenvalue weighted by Gasteiger charge is 2.27. The number of rotatable bonds is 5. The number of para-hydroxylation sites is 2. The molecule has 0 spiro atoms. The third-order valence-electron chi connectivity index (χ3n) is 5.14. The first kappa shape index (κ1) is 17.5. The molecule has 3 aromatic rings. The average molecular weight is 364 g/mol. The van der Waals surface area contributed by atoms with Gasteiger partial charge >= 0.3 is 0 Å². The van der Waals surface area contributed by atoms with Crippen LogP contribution in [-0.2, 0) is 4.79 Å². The van der Waals surface area contributed by atoms with Crippen LogP contribution in [0, 0.1) is 5.92 Å². The summed E-state index contributed by atoms with van der Waals surface area (Å²) in [6.07, 6.45) is 1.57. The van der Waals surface area contributed by atoms with E-state index in [2.05, 4.69) is 15.2 Å². The number of anilines is 1. The fourth-order valence-electron chi connectivity index (χ4n) is 3.50. The van der Waals surface area contributed by atoms with Crippen molar-refractivity contribution in [2.75, 3.05) is 24.5 Å². The van der Waals surface area contributed by atoms with E-state index in [0.29, 0.717) is 12.6 Å². The van der Waals surface area contributed by atoms with E-state index in [4.69, 9.17) is 10.2 Å². The van der Waals surface area contributed by atoms with E-state index in [1.54, 1.807) is 0 Å². The summed E-state index contributed by atoms with van der Waals surface area (Å²) < 4.78 is 5.83. The second-order valence-corrected chi connectivity index (χ2v) is 6.99. The van der Waals surface area contributed by atoms with Crippen molar-refractivity contribution >= 4 is 23.0 Å². The number of nitrogens with one attached hydrogen (secondary N) is 1. The van der Waals surface area contributed by atoms with E-state index in [0.717, 1.165) is 42.6 Å². The Bertz CT molecular complexity index is 868. The molecule has 0 aliphatic carbocycles. The molecule has 1 aliphatic heterocycles. The predicted molar refractivity (Wildman–Crippen MR) is 105 cm³/mol. The lowest BCUT2D eigenvalue weighted by Gasteiger charge is -2.30. The van der Waals surface area contributed by atoms with Crippen LogP contribution in [0.4, 0.5) is 6.01 Å². The van der Waals surface area contributed by atoms with E-state index in [-0.39, 0.29) is 17.9 Å². The molecule has 6 nitrogen and oxygen atoms in total. The van der Waals surface area contributed by atoms with Gasteiger partial charge in [0.25, 0.3) is 6.01 Å². The standard InChI is InChI=1S/C21H24N4O2/c22-17(15-6-2-1-3-7-15)14-23-20(26)16-10-12-25(13-11-16)21-24-18-8-4-5-9-19(18)27-21/h1-9,16-17H,10-14,22H2,(H,23,26). The Morgan fingerprint density at radius 3 is 2.59 bits per heavy atom. The van der Waals surface area contributed by atoms with Gasteiger partial charge in [0.1, 0.15) is 5.52 Å². The molecule has 2 heterocycles. The second kappa shape index (κ2) is 7.80. The van der Waals surface area contributed by atoms with Crippen molar-refractivity contribution < 1.29 is 9.21 Å². The number of carbonyl (C=O) groups excluding carboxylic acids is 1. The molecule has 0 radical (unpaired) electrons. The van der Waals surface area contributed by atoms with Crippen molar-refractivity contribution in [2.45, 2.75) is 18.9 Å². The Kier molecular flexibility index (Phi) is 5.07. The van der Waals surface area contributed by atoms with Gasteiger partial charge in [-0.2, -0.15) is 4.98 Å². The van der Waals surface area contributed by atoms with Gasteiger partial charge in [0.15, 0.2) is 5.58 Å². The minimum Gasteiger partial charge on any atom is -0.423 e. The summed E-state index contributed by atoms with van der Waals surface area (Å²) in [5.74, 6) is 0.0900. The maximum Gasteiger partial charge on any atom is 0.298 e. The molecule has 140 valence electrons. The van der Waals surface area contributed by atoms with Crippen LogP contribution >= 0.6 is 0 Å². The zero-order chi connectivity index (χ0) is 18.6. The quantitative estimate of drug-likeness (QED) is 0.727. The van der Waals surface area contributed by atoms with Crippen LogP contribution in [0.1, 0.15) is 24.4 Å². The highest BCUT2D eigenvalue weighted by Crippen LogP contribution is 2.26. The second-order valence-electron chi connectivity index (χ2n) is 6.99. The summed E-state index contributed by atoms with van der Waals surface area (Å²) in [7, 11) is 0. The van der Waals surface area contributed by atoms with E-state index >= 15 is 0 Å². The van der Waals surface area contributed by atoms with E-state index < -0.39 is 0 Å². The molecule has 2 aromatic carbocycles. The lowest BCUT2D eigenvalue weighted by molar-refractivity contribution is -0.125. The smallest absolute Gasteiger partial charge is 0.298 e. The maximum absolute atomic E-state index is 12.5. The van der Waals surface area contributed by atoms with Gasteiger partial charge in [0.05, 0.1) is 0 Å². The Morgan fingerprint density at radius 2 is 1.85 bits per heavy atom. The maximum atomic E-state index is 12.5. The Hall–Kier alpha value is -2.86. The van der Waals surface area contributed by atoms with Crippen LogP contribution in [0.25, 0.3) is 11.1 Å². The number of nitrogens with two attached hydrogens (primary N) is 1. The van der Waals surface area contributed by atoms with E-state index in [9.17, 15) is 4.79 Å². The lowest BCUT2D eigenvalue weighted by Crippen LogP contribution is -2.42. The molecule has 27 heavy (non-hydrogen) atoms. The molecule has 1 aliphatic rings. The number of fused-ring (bicyclic) bond motifs is 1. The van der Waals surface area contributed by atoms with Gasteiger partial charge in [-0.25, -0.2) is 0 Å². The van der Waals surface area contributed by atoms with Gasteiger partial charge in [-0.1, -0.05) is 42.5 Å². The van der Waals surface area contributed by atoms with Crippen molar-refractivity contribution in [3.63, 3.8) is 0 Å². The van der Waals surface area contributed by atoms with Crippen molar-refractivity contribution in [1.82, 2.24) is 10.3 Å². The third-order valence-corrected chi connectivity index (χ3v) is 5.14. The van der Waals surface area contributed by atoms with Crippen molar-refractivity contribution in [3.8, 4) is 0 Å². The number of hydrogen-bond donors (Lipinski definition) is 2. The van der Waals surface area contributed by atoms with Gasteiger partial charge in [0.2, 0.25) is 5.91 Å². The fraction of sp³-hybridized carbons (Fsp3) is 0.333. The first-order valence-electron chi connectivity index (χ1n) is 9.39. The average Bonchev–Trinajstić information content (AvgIpc) is 3.17. The summed E-state index contributed by atoms with van der Waals surface area (Å²) in [5.41, 5.74) is 8.85. The molecule has 0 bridgehead atoms. The minimum atomic E-state index is -0.185. The molecule has 1 aromatic heterocycles. The van der Waals surface area contributed by atoms with Gasteiger partial charge in [-0.15, -0.1) is 0 Å². The van der Waals surface area contributed by atoms with Gasteiger partial charge in [-0.05, 0) is 30.5 Å². The molecule has 1 amide bonds. The summed E-state index contributed by atoms with van der Waals surface area (Å²) >= 11 is 0. The highest BCUT2D eigenvalue weighted by atomic mass is 16.4. The summed E-state index contributed by atoms with van der Waals surface area (Å²) in [6.45, 7) is 1.97. The van der Waals surface area contributed by atoms with Crippen molar-refractivity contribution in [1.29, 1.82) is 0 Å². The van der Waals surface area contributed by atoms with E-state index in [1.165, 1.54) is 0 Å². The number of aromatic nitrogens is 1. The monoisotopic (exact) mass is 364 g/mol. The number of carbonyl (C=O) groups is 1.